The van der Waals surface area contributed by atoms with Crippen molar-refractivity contribution in [3.8, 4) is 0 Å². The molecule has 1 saturated heterocycles. The Kier molecular flexibility index (Phi) is 8.18. The van der Waals surface area contributed by atoms with Gasteiger partial charge in [0.15, 0.2) is 0 Å². The lowest BCUT2D eigenvalue weighted by atomic mass is 9.98. The van der Waals surface area contributed by atoms with Gasteiger partial charge in [0.2, 0.25) is 11.8 Å². The van der Waals surface area contributed by atoms with Crippen LogP contribution in [0.1, 0.15) is 58.9 Å². The molecule has 4 nitrogen and oxygen atoms in total. The van der Waals surface area contributed by atoms with Gasteiger partial charge >= 0.3 is 0 Å². The molecular formula is C24H33NO3. The molecule has 1 aromatic carbocycles. The molecule has 1 aliphatic rings. The number of allylic oxidation sites excluding steroid dienone is 3. The molecular weight excluding hydrogens is 350 g/mol. The highest BCUT2D eigenvalue weighted by Crippen LogP contribution is 2.26. The maximum Gasteiger partial charge on any atom is 0.235 e. The highest BCUT2D eigenvalue weighted by Gasteiger charge is 2.38. The summed E-state index contributed by atoms with van der Waals surface area (Å²) >= 11 is 0. The van der Waals surface area contributed by atoms with Gasteiger partial charge in [-0.3, -0.25) is 14.5 Å². The molecule has 1 heterocycles. The first kappa shape index (κ1) is 22.1. The Labute approximate surface area is 168 Å². The lowest BCUT2D eigenvalue weighted by Gasteiger charge is -2.27. The summed E-state index contributed by atoms with van der Waals surface area (Å²) < 4.78 is 0. The van der Waals surface area contributed by atoms with Crippen LogP contribution in [0.3, 0.4) is 0 Å². The molecule has 4 heteroatoms. The number of aliphatic hydroxyl groups excluding tert-OH is 1. The van der Waals surface area contributed by atoms with Gasteiger partial charge in [-0.1, -0.05) is 60.6 Å². The number of rotatable bonds is 8. The van der Waals surface area contributed by atoms with E-state index in [9.17, 15) is 14.7 Å². The number of amides is 2. The Balaban J connectivity index is 2.02. The molecule has 1 N–H and O–H groups in total. The van der Waals surface area contributed by atoms with Gasteiger partial charge in [-0.05, 0) is 52.0 Å². The molecule has 0 aromatic heterocycles. The predicted molar refractivity (Wildman–Crippen MR) is 113 cm³/mol. The van der Waals surface area contributed by atoms with E-state index >= 15 is 0 Å². The van der Waals surface area contributed by atoms with E-state index in [1.54, 1.807) is 13.0 Å². The van der Waals surface area contributed by atoms with Crippen molar-refractivity contribution in [2.45, 2.75) is 71.9 Å². The van der Waals surface area contributed by atoms with Crippen LogP contribution in [0.5, 0.6) is 0 Å². The zero-order valence-corrected chi connectivity index (χ0v) is 17.5. The molecule has 1 aromatic rings. The van der Waals surface area contributed by atoms with Crippen LogP contribution < -0.4 is 0 Å². The van der Waals surface area contributed by atoms with E-state index in [-0.39, 0.29) is 17.9 Å². The van der Waals surface area contributed by atoms with Gasteiger partial charge in [0.25, 0.3) is 0 Å². The van der Waals surface area contributed by atoms with Crippen molar-refractivity contribution in [2.24, 2.45) is 5.92 Å². The number of nitrogens with zero attached hydrogens (tertiary/aromatic N) is 1. The van der Waals surface area contributed by atoms with E-state index in [4.69, 9.17) is 0 Å². The van der Waals surface area contributed by atoms with Crippen molar-refractivity contribution in [3.63, 3.8) is 0 Å². The maximum absolute atomic E-state index is 13.0. The minimum Gasteiger partial charge on any atom is -0.388 e. The SMILES string of the molecule is CC(C)=CCCC(C)=C[C@@H](O)[C@H](C)C(=O)N1C(=O)CC[C@@H]1Cc1ccccc1. The van der Waals surface area contributed by atoms with Gasteiger partial charge in [-0.15, -0.1) is 0 Å². The van der Waals surface area contributed by atoms with Gasteiger partial charge in [0.1, 0.15) is 0 Å². The normalized spacial score (nSPS) is 19.5. The summed E-state index contributed by atoms with van der Waals surface area (Å²) in [7, 11) is 0. The molecule has 0 unspecified atom stereocenters. The van der Waals surface area contributed by atoms with Crippen molar-refractivity contribution in [2.75, 3.05) is 0 Å². The van der Waals surface area contributed by atoms with E-state index in [0.29, 0.717) is 19.3 Å². The van der Waals surface area contributed by atoms with Crippen molar-refractivity contribution >= 4 is 11.8 Å². The first-order valence-corrected chi connectivity index (χ1v) is 10.2. The summed E-state index contributed by atoms with van der Waals surface area (Å²) in [6.45, 7) is 7.80. The fourth-order valence-electron chi connectivity index (χ4n) is 3.60. The molecule has 28 heavy (non-hydrogen) atoms. The highest BCUT2D eigenvalue weighted by molar-refractivity contribution is 5.98. The van der Waals surface area contributed by atoms with Gasteiger partial charge in [-0.2, -0.15) is 0 Å². The molecule has 0 spiro atoms. The number of aliphatic hydroxyl groups is 1. The van der Waals surface area contributed by atoms with Crippen molar-refractivity contribution < 1.29 is 14.7 Å². The number of carbonyl (C=O) groups excluding carboxylic acids is 2. The molecule has 3 atom stereocenters. The Bertz CT molecular complexity index is 731. The third-order valence-electron chi connectivity index (χ3n) is 5.33. The van der Waals surface area contributed by atoms with Gasteiger partial charge in [-0.25, -0.2) is 0 Å². The van der Waals surface area contributed by atoms with Gasteiger partial charge in [0.05, 0.1) is 12.0 Å². The first-order chi connectivity index (χ1) is 13.3. The topological polar surface area (TPSA) is 57.6 Å². The number of benzene rings is 1. The number of likely N-dealkylation sites (tertiary alicyclic amines) is 1. The van der Waals surface area contributed by atoms with E-state index < -0.39 is 12.0 Å². The summed E-state index contributed by atoms with van der Waals surface area (Å²) in [6.07, 6.45) is 6.54. The predicted octanol–water partition coefficient (Wildman–Crippen LogP) is 4.44. The van der Waals surface area contributed by atoms with E-state index in [0.717, 1.165) is 24.0 Å². The van der Waals surface area contributed by atoms with E-state index in [1.807, 2.05) is 37.3 Å². The summed E-state index contributed by atoms with van der Waals surface area (Å²) in [5, 5.41) is 10.5. The second-order valence-corrected chi connectivity index (χ2v) is 8.10. The van der Waals surface area contributed by atoms with Crippen molar-refractivity contribution in [1.29, 1.82) is 0 Å². The molecule has 1 aliphatic heterocycles. The molecule has 2 amide bonds. The van der Waals surface area contributed by atoms with Crippen LogP contribution in [0.25, 0.3) is 0 Å². The van der Waals surface area contributed by atoms with E-state index in [2.05, 4.69) is 19.9 Å². The second kappa shape index (κ2) is 10.4. The summed E-state index contributed by atoms with van der Waals surface area (Å²) in [5.41, 5.74) is 3.44. The Morgan fingerprint density at radius 3 is 2.57 bits per heavy atom. The van der Waals surface area contributed by atoms with Crippen LogP contribution >= 0.6 is 0 Å². The Morgan fingerprint density at radius 1 is 1.25 bits per heavy atom. The van der Waals surface area contributed by atoms with Crippen LogP contribution in [0.15, 0.2) is 53.6 Å². The molecule has 0 saturated carbocycles. The minimum absolute atomic E-state index is 0.125. The third kappa shape index (κ3) is 6.16. The van der Waals surface area contributed by atoms with Crippen LogP contribution in [-0.2, 0) is 16.0 Å². The standard InChI is InChI=1S/C24H33NO3/c1-17(2)9-8-10-18(3)15-22(26)19(4)24(28)25-21(13-14-23(25)27)16-20-11-6-5-7-12-20/h5-7,9,11-12,15,19,21-22,26H,8,10,13-14,16H2,1-4H3/t19-,21+,22+/m0/s1. The zero-order valence-electron chi connectivity index (χ0n) is 17.5. The first-order valence-electron chi connectivity index (χ1n) is 10.2. The monoisotopic (exact) mass is 383 g/mol. The average molecular weight is 384 g/mol. The zero-order chi connectivity index (χ0) is 20.7. The maximum atomic E-state index is 13.0. The average Bonchev–Trinajstić information content (AvgIpc) is 3.01. The Hall–Kier alpha value is -2.20. The van der Waals surface area contributed by atoms with E-state index in [1.165, 1.54) is 10.5 Å². The number of imide groups is 1. The molecule has 152 valence electrons. The van der Waals surface area contributed by atoms with Crippen molar-refractivity contribution in [1.82, 2.24) is 4.90 Å². The van der Waals surface area contributed by atoms with Crippen molar-refractivity contribution in [3.05, 3.63) is 59.2 Å². The number of hydrogen-bond acceptors (Lipinski definition) is 3. The van der Waals surface area contributed by atoms with Crippen LogP contribution in [-0.4, -0.2) is 34.0 Å². The quantitative estimate of drug-likeness (QED) is 0.675. The van der Waals surface area contributed by atoms with Crippen LogP contribution in [0.2, 0.25) is 0 Å². The minimum atomic E-state index is -0.884. The fraction of sp³-hybridized carbons (Fsp3) is 0.500. The molecule has 0 aliphatic carbocycles. The summed E-state index contributed by atoms with van der Waals surface area (Å²) in [5.74, 6) is -1.04. The number of carbonyl (C=O) groups is 2. The smallest absolute Gasteiger partial charge is 0.235 e. The Morgan fingerprint density at radius 2 is 1.93 bits per heavy atom. The third-order valence-corrected chi connectivity index (χ3v) is 5.33. The molecule has 1 fully saturated rings. The number of hydrogen-bond donors (Lipinski definition) is 1. The van der Waals surface area contributed by atoms with Gasteiger partial charge in [0, 0.05) is 12.5 Å². The molecule has 0 bridgehead atoms. The lowest BCUT2D eigenvalue weighted by molar-refractivity contribution is -0.148. The van der Waals surface area contributed by atoms with Crippen LogP contribution in [0.4, 0.5) is 0 Å². The van der Waals surface area contributed by atoms with Crippen LogP contribution in [0, 0.1) is 5.92 Å². The summed E-state index contributed by atoms with van der Waals surface area (Å²) in [4.78, 5) is 26.8. The largest absolute Gasteiger partial charge is 0.388 e. The molecule has 0 radical (unpaired) electrons. The van der Waals surface area contributed by atoms with Gasteiger partial charge < -0.3 is 5.11 Å². The summed E-state index contributed by atoms with van der Waals surface area (Å²) in [6, 6.07) is 9.79. The highest BCUT2D eigenvalue weighted by atomic mass is 16.3. The molecule has 2 rings (SSSR count). The lowest BCUT2D eigenvalue weighted by Crippen LogP contribution is -2.45. The second-order valence-electron chi connectivity index (χ2n) is 8.10. The fourth-order valence-corrected chi connectivity index (χ4v) is 3.60.